The molecule has 1 aliphatic rings. The van der Waals surface area contributed by atoms with E-state index in [0.29, 0.717) is 46.7 Å². The van der Waals surface area contributed by atoms with Crippen molar-refractivity contribution in [3.8, 4) is 17.2 Å². The van der Waals surface area contributed by atoms with E-state index in [9.17, 15) is 9.59 Å². The molecule has 0 unspecified atom stereocenters. The lowest BCUT2D eigenvalue weighted by Crippen LogP contribution is -2.23. The average molecular weight is 582 g/mol. The van der Waals surface area contributed by atoms with Gasteiger partial charge in [0.1, 0.15) is 18.2 Å². The Labute approximate surface area is 242 Å². The predicted molar refractivity (Wildman–Crippen MR) is 158 cm³/mol. The van der Waals surface area contributed by atoms with Gasteiger partial charge < -0.3 is 30.0 Å². The summed E-state index contributed by atoms with van der Waals surface area (Å²) in [6, 6.07) is 12.4. The molecule has 0 radical (unpaired) electrons. The van der Waals surface area contributed by atoms with Crippen molar-refractivity contribution in [2.75, 3.05) is 52.9 Å². The van der Waals surface area contributed by atoms with Gasteiger partial charge in [-0.2, -0.15) is 0 Å². The summed E-state index contributed by atoms with van der Waals surface area (Å²) in [7, 11) is 4.17. The first-order chi connectivity index (χ1) is 20.0. The number of rotatable bonds is 10. The Morgan fingerprint density at radius 3 is 2.61 bits per heavy atom. The fourth-order valence-corrected chi connectivity index (χ4v) is 5.41. The Bertz CT molecular complexity index is 1460. The first-order valence-electron chi connectivity index (χ1n) is 13.2. The molecule has 0 aliphatic carbocycles. The van der Waals surface area contributed by atoms with E-state index in [-0.39, 0.29) is 11.9 Å². The van der Waals surface area contributed by atoms with Gasteiger partial charge in [-0.05, 0) is 56.3 Å². The van der Waals surface area contributed by atoms with Gasteiger partial charge in [-0.1, -0.05) is 0 Å². The Kier molecular flexibility index (Phi) is 10.7. The predicted octanol–water partition coefficient (Wildman–Crippen LogP) is 4.56. The van der Waals surface area contributed by atoms with E-state index in [2.05, 4.69) is 20.5 Å². The van der Waals surface area contributed by atoms with Gasteiger partial charge in [0.05, 0.1) is 17.0 Å². The number of aliphatic hydroxyl groups is 1. The van der Waals surface area contributed by atoms with Crippen LogP contribution >= 0.6 is 11.3 Å². The quantitative estimate of drug-likeness (QED) is 0.233. The lowest BCUT2D eigenvalue weighted by Gasteiger charge is -2.14. The van der Waals surface area contributed by atoms with Gasteiger partial charge in [-0.25, -0.2) is 9.78 Å². The van der Waals surface area contributed by atoms with Crippen LogP contribution in [-0.2, 0) is 11.3 Å². The van der Waals surface area contributed by atoms with Crippen LogP contribution in [0.3, 0.4) is 0 Å². The minimum absolute atomic E-state index is 0.210. The summed E-state index contributed by atoms with van der Waals surface area (Å²) in [4.78, 5) is 33.7. The number of ether oxygens (including phenoxy) is 3. The van der Waals surface area contributed by atoms with Crippen molar-refractivity contribution in [3.05, 3.63) is 64.6 Å². The highest BCUT2D eigenvalue weighted by atomic mass is 32.1. The number of amides is 2. The van der Waals surface area contributed by atoms with Crippen molar-refractivity contribution in [2.45, 2.75) is 19.4 Å². The van der Waals surface area contributed by atoms with Crippen LogP contribution in [0.25, 0.3) is 10.9 Å². The average Bonchev–Trinajstić information content (AvgIpc) is 3.76. The molecule has 4 aromatic rings. The normalized spacial score (nSPS) is 13.0. The summed E-state index contributed by atoms with van der Waals surface area (Å²) in [5.74, 6) is 1.55. The van der Waals surface area contributed by atoms with E-state index >= 15 is 0 Å². The fraction of sp³-hybridized carbons (Fsp3) is 0.345. The number of nitrogens with zero attached hydrogens (tertiary/aromatic N) is 3. The van der Waals surface area contributed by atoms with Crippen LogP contribution in [0.4, 0.5) is 10.6 Å². The van der Waals surface area contributed by atoms with Gasteiger partial charge >= 0.3 is 6.03 Å². The maximum atomic E-state index is 12.9. The van der Waals surface area contributed by atoms with Crippen LogP contribution in [0.2, 0.25) is 0 Å². The molecule has 2 amide bonds. The van der Waals surface area contributed by atoms with Gasteiger partial charge in [0.15, 0.2) is 11.5 Å². The molecule has 5 rings (SSSR count). The number of fused-ring (bicyclic) bond motifs is 1. The van der Waals surface area contributed by atoms with Crippen LogP contribution < -0.4 is 20.1 Å². The molecule has 0 saturated carbocycles. The van der Waals surface area contributed by atoms with E-state index < -0.39 is 0 Å². The molecule has 3 aromatic heterocycles. The molecule has 41 heavy (non-hydrogen) atoms. The number of benzene rings is 1. The van der Waals surface area contributed by atoms with Gasteiger partial charge in [0, 0.05) is 62.6 Å². The molecule has 218 valence electrons. The van der Waals surface area contributed by atoms with Crippen LogP contribution in [-0.4, -0.2) is 79.1 Å². The van der Waals surface area contributed by atoms with Crippen LogP contribution in [0.5, 0.6) is 17.2 Å². The minimum atomic E-state index is -0.259. The SMILES string of the molecule is CNC(=O)n1ccc2cc(Oc3ccnc(NC(=O)c4ccc(CN5CCCC5)s4)c3)c(OCCOC)cc21.CO. The second kappa shape index (κ2) is 14.6. The number of likely N-dealkylation sites (tertiary alicyclic amines) is 1. The molecule has 4 heterocycles. The van der Waals surface area contributed by atoms with E-state index in [0.717, 1.165) is 32.1 Å². The lowest BCUT2D eigenvalue weighted by molar-refractivity contribution is 0.103. The van der Waals surface area contributed by atoms with Crippen molar-refractivity contribution in [3.63, 3.8) is 0 Å². The number of carbonyl (C=O) groups excluding carboxylic acids is 2. The Morgan fingerprint density at radius 1 is 1.05 bits per heavy atom. The maximum absolute atomic E-state index is 12.9. The van der Waals surface area contributed by atoms with Crippen LogP contribution in [0.15, 0.2) is 54.9 Å². The monoisotopic (exact) mass is 581 g/mol. The molecule has 1 saturated heterocycles. The maximum Gasteiger partial charge on any atom is 0.325 e. The van der Waals surface area contributed by atoms with Crippen molar-refractivity contribution >= 4 is 40.0 Å². The molecule has 0 atom stereocenters. The number of aliphatic hydroxyl groups excluding tert-OH is 1. The number of anilines is 1. The zero-order valence-electron chi connectivity index (χ0n) is 23.4. The van der Waals surface area contributed by atoms with E-state index in [1.165, 1.54) is 33.6 Å². The summed E-state index contributed by atoms with van der Waals surface area (Å²) in [5.41, 5.74) is 0.678. The highest BCUT2D eigenvalue weighted by Gasteiger charge is 2.17. The number of hydrogen-bond donors (Lipinski definition) is 3. The molecule has 3 N–H and O–H groups in total. The fourth-order valence-electron chi connectivity index (χ4n) is 4.46. The third kappa shape index (κ3) is 7.61. The van der Waals surface area contributed by atoms with Crippen LogP contribution in [0, 0.1) is 0 Å². The van der Waals surface area contributed by atoms with Gasteiger partial charge in [0.2, 0.25) is 0 Å². The van der Waals surface area contributed by atoms with Crippen molar-refractivity contribution in [2.24, 2.45) is 0 Å². The molecule has 0 spiro atoms. The third-order valence-electron chi connectivity index (χ3n) is 6.40. The zero-order valence-corrected chi connectivity index (χ0v) is 24.2. The van der Waals surface area contributed by atoms with Gasteiger partial charge in [-0.3, -0.25) is 14.3 Å². The Balaban J connectivity index is 0.00000189. The molecule has 0 bridgehead atoms. The molecular formula is C29H35N5O6S. The van der Waals surface area contributed by atoms with Crippen molar-refractivity contribution in [1.29, 1.82) is 0 Å². The second-order valence-electron chi connectivity index (χ2n) is 9.12. The number of carbonyl (C=O) groups is 2. The minimum Gasteiger partial charge on any atom is -0.487 e. The number of methoxy groups -OCH3 is 1. The van der Waals surface area contributed by atoms with Crippen LogP contribution in [0.1, 0.15) is 27.4 Å². The smallest absolute Gasteiger partial charge is 0.325 e. The van der Waals surface area contributed by atoms with E-state index in [1.54, 1.807) is 44.8 Å². The standard InChI is InChI=1S/C28H31N5O5S.CH4O/c1-29-28(35)33-12-8-19-15-24(23(17-22(19)33)37-14-13-36-2)38-20-7-9-30-26(16-20)31-27(34)25-6-5-21(39-25)18-32-10-3-4-11-32;1-2/h5-9,12,15-17H,3-4,10-11,13-14,18H2,1-2H3,(H,29,35)(H,30,31,34);2H,1H3. The van der Waals surface area contributed by atoms with Crippen molar-refractivity contribution in [1.82, 2.24) is 19.8 Å². The van der Waals surface area contributed by atoms with Gasteiger partial charge in [-0.15, -0.1) is 11.3 Å². The number of thiophene rings is 1. The topological polar surface area (TPSA) is 127 Å². The summed E-state index contributed by atoms with van der Waals surface area (Å²) in [6.45, 7) is 3.80. The first kappa shape index (κ1) is 30.0. The summed E-state index contributed by atoms with van der Waals surface area (Å²) < 4.78 is 18.7. The number of aromatic nitrogens is 2. The van der Waals surface area contributed by atoms with Crippen molar-refractivity contribution < 1.29 is 28.9 Å². The highest BCUT2D eigenvalue weighted by Crippen LogP contribution is 2.36. The second-order valence-corrected chi connectivity index (χ2v) is 10.3. The van der Waals surface area contributed by atoms with Gasteiger partial charge in [0.25, 0.3) is 5.91 Å². The molecule has 1 fully saturated rings. The Morgan fingerprint density at radius 2 is 1.85 bits per heavy atom. The van der Waals surface area contributed by atoms with E-state index in [4.69, 9.17) is 19.3 Å². The molecular weight excluding hydrogens is 546 g/mol. The molecule has 11 nitrogen and oxygen atoms in total. The lowest BCUT2D eigenvalue weighted by atomic mass is 10.2. The number of pyridine rings is 1. The Hall–Kier alpha value is -3.97. The number of hydrogen-bond acceptors (Lipinski definition) is 9. The summed E-state index contributed by atoms with van der Waals surface area (Å²) in [5, 5.41) is 13.3. The zero-order chi connectivity index (χ0) is 29.2. The number of nitrogens with one attached hydrogen (secondary N) is 2. The highest BCUT2D eigenvalue weighted by molar-refractivity contribution is 7.14. The summed E-state index contributed by atoms with van der Waals surface area (Å²) >= 11 is 1.50. The molecule has 1 aromatic carbocycles. The first-order valence-corrected chi connectivity index (χ1v) is 14.1. The van der Waals surface area contributed by atoms with E-state index in [1.807, 2.05) is 24.3 Å². The summed E-state index contributed by atoms with van der Waals surface area (Å²) in [6.07, 6.45) is 5.73. The third-order valence-corrected chi connectivity index (χ3v) is 7.47. The largest absolute Gasteiger partial charge is 0.487 e. The molecule has 12 heteroatoms. The molecule has 1 aliphatic heterocycles.